The molecule has 1 amide bonds. The van der Waals surface area contributed by atoms with Gasteiger partial charge in [-0.2, -0.15) is 0 Å². The molecular formula is C10H20N2O. The highest BCUT2D eigenvalue weighted by atomic mass is 16.1. The summed E-state index contributed by atoms with van der Waals surface area (Å²) in [6, 6.07) is 0.373. The van der Waals surface area contributed by atoms with Crippen LogP contribution in [0.3, 0.4) is 0 Å². The zero-order chi connectivity index (χ0) is 10.1. The summed E-state index contributed by atoms with van der Waals surface area (Å²) in [4.78, 5) is 10.4. The molecule has 1 unspecified atom stereocenters. The minimum absolute atomic E-state index is 0.283. The van der Waals surface area contributed by atoms with Gasteiger partial charge in [0.1, 0.15) is 0 Å². The molecule has 0 fully saturated rings. The van der Waals surface area contributed by atoms with Crippen molar-refractivity contribution in [2.75, 3.05) is 6.54 Å². The summed E-state index contributed by atoms with van der Waals surface area (Å²) in [5, 5.41) is 3.06. The first-order valence-corrected chi connectivity index (χ1v) is 4.79. The molecule has 0 heterocycles. The summed E-state index contributed by atoms with van der Waals surface area (Å²) < 4.78 is 0. The molecule has 3 N–H and O–H groups in total. The Morgan fingerprint density at radius 3 is 2.85 bits per heavy atom. The SMILES string of the molecule is C/C=C/CCCC(C)NCC(N)=O. The number of nitrogens with one attached hydrogen (secondary N) is 1. The smallest absolute Gasteiger partial charge is 0.231 e. The van der Waals surface area contributed by atoms with Gasteiger partial charge >= 0.3 is 0 Å². The Morgan fingerprint density at radius 1 is 1.62 bits per heavy atom. The zero-order valence-electron chi connectivity index (χ0n) is 8.55. The number of unbranched alkanes of at least 4 members (excludes halogenated alkanes) is 1. The number of carbonyl (C=O) groups is 1. The van der Waals surface area contributed by atoms with Crippen molar-refractivity contribution in [2.45, 2.75) is 39.2 Å². The molecule has 13 heavy (non-hydrogen) atoms. The van der Waals surface area contributed by atoms with Gasteiger partial charge in [-0.25, -0.2) is 0 Å². The number of carbonyl (C=O) groups excluding carboxylic acids is 1. The first-order valence-electron chi connectivity index (χ1n) is 4.79. The molecule has 0 aliphatic heterocycles. The largest absolute Gasteiger partial charge is 0.369 e. The van der Waals surface area contributed by atoms with Crippen molar-refractivity contribution in [1.82, 2.24) is 5.32 Å². The molecule has 0 bridgehead atoms. The number of allylic oxidation sites excluding steroid dienone is 2. The van der Waals surface area contributed by atoms with Crippen LogP contribution in [-0.4, -0.2) is 18.5 Å². The molecule has 0 aromatic heterocycles. The van der Waals surface area contributed by atoms with Crippen molar-refractivity contribution in [3.05, 3.63) is 12.2 Å². The van der Waals surface area contributed by atoms with Crippen molar-refractivity contribution in [1.29, 1.82) is 0 Å². The van der Waals surface area contributed by atoms with Crippen molar-refractivity contribution >= 4 is 5.91 Å². The van der Waals surface area contributed by atoms with Crippen molar-refractivity contribution in [3.8, 4) is 0 Å². The van der Waals surface area contributed by atoms with Gasteiger partial charge in [-0.05, 0) is 33.1 Å². The van der Waals surface area contributed by atoms with Gasteiger partial charge in [0, 0.05) is 6.04 Å². The lowest BCUT2D eigenvalue weighted by Crippen LogP contribution is -2.34. The van der Waals surface area contributed by atoms with E-state index in [1.807, 2.05) is 6.92 Å². The molecule has 0 aliphatic rings. The molecule has 0 spiro atoms. The molecule has 1 atom stereocenters. The number of hydrogen-bond acceptors (Lipinski definition) is 2. The summed E-state index contributed by atoms with van der Waals surface area (Å²) in [6.45, 7) is 4.37. The Balaban J connectivity index is 3.29. The van der Waals surface area contributed by atoms with E-state index in [0.717, 1.165) is 19.3 Å². The third-order valence-electron chi connectivity index (χ3n) is 1.87. The van der Waals surface area contributed by atoms with E-state index < -0.39 is 0 Å². The summed E-state index contributed by atoms with van der Waals surface area (Å²) in [6.07, 6.45) is 7.55. The third-order valence-corrected chi connectivity index (χ3v) is 1.87. The average Bonchev–Trinajstić information content (AvgIpc) is 2.09. The lowest BCUT2D eigenvalue weighted by atomic mass is 10.1. The van der Waals surface area contributed by atoms with E-state index in [9.17, 15) is 4.79 Å². The molecule has 0 aliphatic carbocycles. The second-order valence-corrected chi connectivity index (χ2v) is 3.25. The number of rotatable bonds is 7. The van der Waals surface area contributed by atoms with Crippen LogP contribution < -0.4 is 11.1 Å². The molecule has 0 saturated heterocycles. The molecule has 0 saturated carbocycles. The molecule has 0 rings (SSSR count). The van der Waals surface area contributed by atoms with Gasteiger partial charge in [-0.3, -0.25) is 4.79 Å². The molecule has 3 heteroatoms. The highest BCUT2D eigenvalue weighted by molar-refractivity contribution is 5.75. The molecule has 0 aromatic carbocycles. The van der Waals surface area contributed by atoms with Crippen LogP contribution >= 0.6 is 0 Å². The highest BCUT2D eigenvalue weighted by Gasteiger charge is 2.01. The Bertz CT molecular complexity index is 166. The van der Waals surface area contributed by atoms with Crippen LogP contribution in [0.5, 0.6) is 0 Å². The lowest BCUT2D eigenvalue weighted by molar-refractivity contribution is -0.117. The van der Waals surface area contributed by atoms with Crippen LogP contribution in [0, 0.1) is 0 Å². The quantitative estimate of drug-likeness (QED) is 0.461. The standard InChI is InChI=1S/C10H20N2O/c1-3-4-5-6-7-9(2)12-8-10(11)13/h3-4,9,12H,5-8H2,1-2H3,(H2,11,13)/b4-3+. The topological polar surface area (TPSA) is 55.1 Å². The maximum absolute atomic E-state index is 10.4. The number of primary amides is 1. The highest BCUT2D eigenvalue weighted by Crippen LogP contribution is 2.00. The van der Waals surface area contributed by atoms with Gasteiger partial charge in [0.25, 0.3) is 0 Å². The first kappa shape index (κ1) is 12.2. The van der Waals surface area contributed by atoms with E-state index in [1.165, 1.54) is 0 Å². The molecule has 0 aromatic rings. The zero-order valence-corrected chi connectivity index (χ0v) is 8.55. The summed E-state index contributed by atoms with van der Waals surface area (Å²) in [5.41, 5.74) is 5.00. The van der Waals surface area contributed by atoms with Gasteiger partial charge in [-0.15, -0.1) is 0 Å². The minimum Gasteiger partial charge on any atom is -0.369 e. The van der Waals surface area contributed by atoms with Crippen LogP contribution in [0.4, 0.5) is 0 Å². The van der Waals surface area contributed by atoms with Gasteiger partial charge in [-0.1, -0.05) is 12.2 Å². The van der Waals surface area contributed by atoms with Gasteiger partial charge in [0.15, 0.2) is 0 Å². The van der Waals surface area contributed by atoms with Crippen LogP contribution in [-0.2, 0) is 4.79 Å². The van der Waals surface area contributed by atoms with Crippen LogP contribution in [0.15, 0.2) is 12.2 Å². The van der Waals surface area contributed by atoms with E-state index >= 15 is 0 Å². The monoisotopic (exact) mass is 184 g/mol. The van der Waals surface area contributed by atoms with Gasteiger partial charge < -0.3 is 11.1 Å². The maximum Gasteiger partial charge on any atom is 0.231 e. The van der Waals surface area contributed by atoms with Crippen LogP contribution in [0.2, 0.25) is 0 Å². The van der Waals surface area contributed by atoms with E-state index in [-0.39, 0.29) is 12.5 Å². The van der Waals surface area contributed by atoms with Crippen LogP contribution in [0.25, 0.3) is 0 Å². The normalized spacial score (nSPS) is 13.4. The number of amides is 1. The summed E-state index contributed by atoms with van der Waals surface area (Å²) in [5.74, 6) is -0.291. The predicted molar refractivity (Wildman–Crippen MR) is 55.3 cm³/mol. The van der Waals surface area contributed by atoms with Crippen molar-refractivity contribution in [3.63, 3.8) is 0 Å². The summed E-state index contributed by atoms with van der Waals surface area (Å²) in [7, 11) is 0. The van der Waals surface area contributed by atoms with E-state index in [2.05, 4.69) is 24.4 Å². The molecule has 76 valence electrons. The maximum atomic E-state index is 10.4. The minimum atomic E-state index is -0.291. The van der Waals surface area contributed by atoms with E-state index in [0.29, 0.717) is 6.04 Å². The van der Waals surface area contributed by atoms with Gasteiger partial charge in [0.2, 0.25) is 5.91 Å². The summed E-state index contributed by atoms with van der Waals surface area (Å²) >= 11 is 0. The third kappa shape index (κ3) is 9.08. The van der Waals surface area contributed by atoms with Gasteiger partial charge in [0.05, 0.1) is 6.54 Å². The number of hydrogen-bond donors (Lipinski definition) is 2. The Morgan fingerprint density at radius 2 is 2.31 bits per heavy atom. The van der Waals surface area contributed by atoms with E-state index in [4.69, 9.17) is 5.73 Å². The lowest BCUT2D eigenvalue weighted by Gasteiger charge is -2.10. The van der Waals surface area contributed by atoms with Crippen LogP contribution in [0.1, 0.15) is 33.1 Å². The second kappa shape index (κ2) is 7.80. The molecule has 0 radical (unpaired) electrons. The average molecular weight is 184 g/mol. The Kier molecular flexibility index (Phi) is 7.30. The Labute approximate surface area is 80.4 Å². The van der Waals surface area contributed by atoms with Crippen molar-refractivity contribution < 1.29 is 4.79 Å². The first-order chi connectivity index (χ1) is 6.16. The predicted octanol–water partition coefficient (Wildman–Crippen LogP) is 1.20. The Hall–Kier alpha value is -0.830. The fraction of sp³-hybridized carbons (Fsp3) is 0.700. The fourth-order valence-corrected chi connectivity index (χ4v) is 1.09. The second-order valence-electron chi connectivity index (χ2n) is 3.25. The number of nitrogens with two attached hydrogens (primary N) is 1. The fourth-order valence-electron chi connectivity index (χ4n) is 1.09. The molecule has 3 nitrogen and oxygen atoms in total. The van der Waals surface area contributed by atoms with Crippen molar-refractivity contribution in [2.24, 2.45) is 5.73 Å². The molecular weight excluding hydrogens is 164 g/mol. The van der Waals surface area contributed by atoms with E-state index in [1.54, 1.807) is 0 Å².